The van der Waals surface area contributed by atoms with Gasteiger partial charge in [-0.3, -0.25) is 0 Å². The van der Waals surface area contributed by atoms with E-state index in [1.807, 2.05) is 0 Å². The van der Waals surface area contributed by atoms with E-state index in [4.69, 9.17) is 0 Å². The predicted octanol–water partition coefficient (Wildman–Crippen LogP) is 14.7. The molecule has 2 heteroatoms. The average molecular weight is 711 g/mol. The highest BCUT2D eigenvalue weighted by Gasteiger charge is 2.21. The number of fused-ring (bicyclic) bond motifs is 13. The van der Waals surface area contributed by atoms with Crippen LogP contribution in [0.25, 0.3) is 110 Å². The van der Waals surface area contributed by atoms with E-state index in [9.17, 15) is 0 Å². The molecular formula is C54H34N2. The first-order valence-corrected chi connectivity index (χ1v) is 19.4. The molecule has 10 aromatic carbocycles. The quantitative estimate of drug-likeness (QED) is 0.161. The molecule has 12 rings (SSSR count). The van der Waals surface area contributed by atoms with Crippen molar-refractivity contribution in [2.45, 2.75) is 0 Å². The lowest BCUT2D eigenvalue weighted by Gasteiger charge is -2.13. The molecule has 0 aliphatic rings. The molecule has 0 atom stereocenters. The number of aromatic nitrogens is 2. The maximum absolute atomic E-state index is 2.48. The maximum atomic E-state index is 2.48. The molecule has 260 valence electrons. The van der Waals surface area contributed by atoms with Crippen molar-refractivity contribution in [2.75, 3.05) is 0 Å². The Hall–Kier alpha value is -7.42. The molecule has 0 aliphatic heterocycles. The van der Waals surface area contributed by atoms with Crippen LogP contribution in [-0.4, -0.2) is 9.13 Å². The molecule has 0 radical (unpaired) electrons. The fourth-order valence-corrected chi connectivity index (χ4v) is 9.38. The lowest BCUT2D eigenvalue weighted by atomic mass is 9.92. The summed E-state index contributed by atoms with van der Waals surface area (Å²) >= 11 is 0. The van der Waals surface area contributed by atoms with Gasteiger partial charge >= 0.3 is 0 Å². The Kier molecular flexibility index (Phi) is 6.66. The molecule has 0 saturated carbocycles. The predicted molar refractivity (Wildman–Crippen MR) is 239 cm³/mol. The minimum absolute atomic E-state index is 1.15. The number of hydrogen-bond donors (Lipinski definition) is 0. The smallest absolute Gasteiger partial charge is 0.0626 e. The monoisotopic (exact) mass is 710 g/mol. The molecule has 2 aromatic heterocycles. The van der Waals surface area contributed by atoms with Crippen LogP contribution in [-0.2, 0) is 0 Å². The summed E-state index contributed by atoms with van der Waals surface area (Å²) in [4.78, 5) is 0. The highest BCUT2D eigenvalue weighted by Crippen LogP contribution is 2.46. The molecule has 0 unspecified atom stereocenters. The van der Waals surface area contributed by atoms with Crippen molar-refractivity contribution in [3.8, 4) is 33.6 Å². The summed E-state index contributed by atoms with van der Waals surface area (Å²) in [5, 5.41) is 12.7. The number of para-hydroxylation sites is 2. The zero-order valence-corrected chi connectivity index (χ0v) is 30.5. The summed E-state index contributed by atoms with van der Waals surface area (Å²) < 4.78 is 4.91. The maximum Gasteiger partial charge on any atom is 0.0626 e. The number of rotatable bonds is 4. The van der Waals surface area contributed by atoms with Crippen molar-refractivity contribution < 1.29 is 0 Å². The van der Waals surface area contributed by atoms with E-state index in [0.717, 1.165) is 11.4 Å². The summed E-state index contributed by atoms with van der Waals surface area (Å²) in [6.07, 6.45) is 0. The first kappa shape index (κ1) is 31.0. The van der Waals surface area contributed by atoms with Crippen LogP contribution < -0.4 is 0 Å². The molecule has 12 aromatic rings. The van der Waals surface area contributed by atoms with Gasteiger partial charge < -0.3 is 9.13 Å². The van der Waals surface area contributed by atoms with E-state index < -0.39 is 0 Å². The highest BCUT2D eigenvalue weighted by molar-refractivity contribution is 6.37. The Bertz CT molecular complexity index is 3500. The van der Waals surface area contributed by atoms with Gasteiger partial charge in [-0.25, -0.2) is 0 Å². The Labute approximate surface area is 323 Å². The van der Waals surface area contributed by atoms with Gasteiger partial charge in [0.25, 0.3) is 0 Å². The lowest BCUT2D eigenvalue weighted by molar-refractivity contribution is 1.18. The molecule has 0 spiro atoms. The van der Waals surface area contributed by atoms with Crippen molar-refractivity contribution >= 4 is 75.9 Å². The molecule has 2 nitrogen and oxygen atoms in total. The van der Waals surface area contributed by atoms with Crippen LogP contribution in [0.2, 0.25) is 0 Å². The van der Waals surface area contributed by atoms with Crippen LogP contribution >= 0.6 is 0 Å². The largest absolute Gasteiger partial charge is 0.309 e. The fraction of sp³-hybridized carbons (Fsp3) is 0. The SMILES string of the molecule is c1ccc(-c2ccc(-n3c4ccccc4c4ccc(-c5ccc6c(c5)c5c7c8ccccc8ccc7c7ccccc7c5n6-c5ccccc5)cc43)cc2)cc1. The van der Waals surface area contributed by atoms with Crippen molar-refractivity contribution in [1.82, 2.24) is 9.13 Å². The van der Waals surface area contributed by atoms with Crippen LogP contribution in [0.1, 0.15) is 0 Å². The highest BCUT2D eigenvalue weighted by atomic mass is 15.0. The van der Waals surface area contributed by atoms with Crippen LogP contribution in [0.3, 0.4) is 0 Å². The van der Waals surface area contributed by atoms with Crippen molar-refractivity contribution in [3.63, 3.8) is 0 Å². The summed E-state index contributed by atoms with van der Waals surface area (Å²) in [5.41, 5.74) is 12.0. The topological polar surface area (TPSA) is 9.86 Å². The third-order valence-corrected chi connectivity index (χ3v) is 11.9. The number of nitrogens with zero attached hydrogens (tertiary/aromatic N) is 2. The molecule has 0 bridgehead atoms. The van der Waals surface area contributed by atoms with Gasteiger partial charge in [0.15, 0.2) is 0 Å². The van der Waals surface area contributed by atoms with E-state index in [-0.39, 0.29) is 0 Å². The van der Waals surface area contributed by atoms with E-state index in [1.54, 1.807) is 0 Å². The second-order valence-corrected chi connectivity index (χ2v) is 14.9. The molecule has 56 heavy (non-hydrogen) atoms. The molecule has 0 amide bonds. The molecule has 0 aliphatic carbocycles. The first-order valence-electron chi connectivity index (χ1n) is 19.4. The van der Waals surface area contributed by atoms with Gasteiger partial charge in [0.2, 0.25) is 0 Å². The normalized spacial score (nSPS) is 11.9. The summed E-state index contributed by atoms with van der Waals surface area (Å²) in [6, 6.07) is 75.7. The van der Waals surface area contributed by atoms with Crippen LogP contribution in [0, 0.1) is 0 Å². The summed E-state index contributed by atoms with van der Waals surface area (Å²) in [6.45, 7) is 0. The van der Waals surface area contributed by atoms with Crippen molar-refractivity contribution in [3.05, 3.63) is 206 Å². The van der Waals surface area contributed by atoms with Gasteiger partial charge in [0.05, 0.1) is 22.1 Å². The fourth-order valence-electron chi connectivity index (χ4n) is 9.38. The zero-order valence-electron chi connectivity index (χ0n) is 30.5. The van der Waals surface area contributed by atoms with Crippen molar-refractivity contribution in [2.24, 2.45) is 0 Å². The van der Waals surface area contributed by atoms with Crippen LogP contribution in [0.4, 0.5) is 0 Å². The Morgan fingerprint density at radius 1 is 0.250 bits per heavy atom. The Balaban J connectivity index is 1.15. The molecule has 2 heterocycles. The molecule has 0 N–H and O–H groups in total. The number of hydrogen-bond acceptors (Lipinski definition) is 0. The molecular weight excluding hydrogens is 677 g/mol. The van der Waals surface area contributed by atoms with Gasteiger partial charge in [-0.1, -0.05) is 158 Å². The third-order valence-electron chi connectivity index (χ3n) is 11.9. The third kappa shape index (κ3) is 4.50. The molecule has 0 saturated heterocycles. The van der Waals surface area contributed by atoms with E-state index in [0.29, 0.717) is 0 Å². The van der Waals surface area contributed by atoms with E-state index in [2.05, 4.69) is 215 Å². The average Bonchev–Trinajstić information content (AvgIpc) is 3.79. The lowest BCUT2D eigenvalue weighted by Crippen LogP contribution is -1.95. The van der Waals surface area contributed by atoms with Crippen LogP contribution in [0.5, 0.6) is 0 Å². The van der Waals surface area contributed by atoms with Gasteiger partial charge in [0.1, 0.15) is 0 Å². The second kappa shape index (κ2) is 12.0. The first-order chi connectivity index (χ1) is 27.8. The number of benzene rings is 10. The second-order valence-electron chi connectivity index (χ2n) is 14.9. The standard InChI is InChI=1S/C54H34N2/c1-3-13-35(14-4-1)36-23-28-41(29-24-36)55-49-22-12-11-20-44(49)45-30-26-39(34-51(45)55)38-27-32-50-48(33-38)53-52-42-18-8-7-15-37(42)25-31-46(52)43-19-9-10-21-47(43)54(53)56(50)40-16-5-2-6-17-40/h1-34H. The summed E-state index contributed by atoms with van der Waals surface area (Å²) in [5.74, 6) is 0. The van der Waals surface area contributed by atoms with Crippen molar-refractivity contribution in [1.29, 1.82) is 0 Å². The van der Waals surface area contributed by atoms with Crippen LogP contribution in [0.15, 0.2) is 206 Å². The zero-order chi connectivity index (χ0) is 36.7. The van der Waals surface area contributed by atoms with Gasteiger partial charge in [0, 0.05) is 43.7 Å². The van der Waals surface area contributed by atoms with E-state index >= 15 is 0 Å². The van der Waals surface area contributed by atoms with Gasteiger partial charge in [-0.15, -0.1) is 0 Å². The minimum Gasteiger partial charge on any atom is -0.309 e. The Morgan fingerprint density at radius 2 is 0.804 bits per heavy atom. The van der Waals surface area contributed by atoms with E-state index in [1.165, 1.54) is 98.2 Å². The van der Waals surface area contributed by atoms with Gasteiger partial charge in [-0.2, -0.15) is 0 Å². The molecule has 0 fully saturated rings. The minimum atomic E-state index is 1.15. The van der Waals surface area contributed by atoms with Gasteiger partial charge in [-0.05, 0) is 92.3 Å². The Morgan fingerprint density at radius 3 is 1.62 bits per heavy atom. The summed E-state index contributed by atoms with van der Waals surface area (Å²) in [7, 11) is 0.